The van der Waals surface area contributed by atoms with E-state index in [4.69, 9.17) is 4.42 Å². The van der Waals surface area contributed by atoms with Crippen molar-refractivity contribution in [2.45, 2.75) is 17.3 Å². The molecule has 1 aromatic carbocycles. The number of benzene rings is 1. The second kappa shape index (κ2) is 6.92. The number of amides is 1. The summed E-state index contributed by atoms with van der Waals surface area (Å²) in [6.45, 7) is 1.87. The smallest absolute Gasteiger partial charge is 0.240 e. The molecule has 0 aliphatic heterocycles. The standard InChI is InChI=1S/C17H18N4O2S/c1-12(16(22)20(2)14-7-5-4-6-8-14)24-17-19-18-15(21(17)3)13-9-10-23-11-13/h4-12H,1-3H3. The number of para-hydroxylation sites is 1. The Balaban J connectivity index is 1.73. The predicted molar refractivity (Wildman–Crippen MR) is 93.9 cm³/mol. The van der Waals surface area contributed by atoms with Crippen LogP contribution in [0.5, 0.6) is 0 Å². The van der Waals surface area contributed by atoms with Gasteiger partial charge in [-0.25, -0.2) is 0 Å². The van der Waals surface area contributed by atoms with E-state index in [1.165, 1.54) is 11.8 Å². The summed E-state index contributed by atoms with van der Waals surface area (Å²) < 4.78 is 6.95. The average molecular weight is 342 g/mol. The van der Waals surface area contributed by atoms with E-state index in [1.54, 1.807) is 24.5 Å². The summed E-state index contributed by atoms with van der Waals surface area (Å²) >= 11 is 1.39. The molecule has 3 rings (SSSR count). The van der Waals surface area contributed by atoms with Crippen LogP contribution in [-0.2, 0) is 11.8 Å². The van der Waals surface area contributed by atoms with Gasteiger partial charge in [-0.1, -0.05) is 30.0 Å². The highest BCUT2D eigenvalue weighted by atomic mass is 32.2. The molecule has 1 amide bonds. The zero-order chi connectivity index (χ0) is 17.1. The number of hydrogen-bond donors (Lipinski definition) is 0. The van der Waals surface area contributed by atoms with Crippen LogP contribution >= 0.6 is 11.8 Å². The minimum atomic E-state index is -0.282. The molecule has 24 heavy (non-hydrogen) atoms. The molecule has 0 aliphatic rings. The minimum absolute atomic E-state index is 0.0130. The van der Waals surface area contributed by atoms with E-state index in [2.05, 4.69) is 10.2 Å². The van der Waals surface area contributed by atoms with Crippen LogP contribution in [-0.4, -0.2) is 33.0 Å². The Morgan fingerprint density at radius 1 is 1.25 bits per heavy atom. The number of nitrogens with zero attached hydrogens (tertiary/aromatic N) is 4. The lowest BCUT2D eigenvalue weighted by atomic mass is 10.3. The topological polar surface area (TPSA) is 64.2 Å². The zero-order valence-electron chi connectivity index (χ0n) is 13.7. The van der Waals surface area contributed by atoms with Crippen LogP contribution in [0.15, 0.2) is 58.5 Å². The highest BCUT2D eigenvalue weighted by Crippen LogP contribution is 2.27. The normalized spacial score (nSPS) is 12.1. The Morgan fingerprint density at radius 3 is 2.67 bits per heavy atom. The highest BCUT2D eigenvalue weighted by molar-refractivity contribution is 8.00. The van der Waals surface area contributed by atoms with Crippen LogP contribution in [0, 0.1) is 0 Å². The molecule has 7 heteroatoms. The molecule has 0 N–H and O–H groups in total. The van der Waals surface area contributed by atoms with Crippen molar-refractivity contribution in [3.63, 3.8) is 0 Å². The number of anilines is 1. The number of aromatic nitrogens is 3. The van der Waals surface area contributed by atoms with Crippen molar-refractivity contribution in [1.29, 1.82) is 0 Å². The molecule has 0 saturated carbocycles. The third-order valence-corrected chi connectivity index (χ3v) is 4.84. The highest BCUT2D eigenvalue weighted by Gasteiger charge is 2.23. The van der Waals surface area contributed by atoms with Crippen molar-refractivity contribution in [2.75, 3.05) is 11.9 Å². The van der Waals surface area contributed by atoms with Crippen LogP contribution in [0.3, 0.4) is 0 Å². The Hall–Kier alpha value is -2.54. The molecule has 0 aliphatic carbocycles. The summed E-state index contributed by atoms with van der Waals surface area (Å²) in [5.74, 6) is 0.723. The van der Waals surface area contributed by atoms with Gasteiger partial charge in [-0.05, 0) is 25.1 Å². The quantitative estimate of drug-likeness (QED) is 0.666. The van der Waals surface area contributed by atoms with Crippen LogP contribution in [0.2, 0.25) is 0 Å². The summed E-state index contributed by atoms with van der Waals surface area (Å²) in [6.07, 6.45) is 3.22. The average Bonchev–Trinajstić information content (AvgIpc) is 3.25. The van der Waals surface area contributed by atoms with E-state index in [0.717, 1.165) is 11.3 Å². The molecule has 2 aromatic heterocycles. The van der Waals surface area contributed by atoms with E-state index in [9.17, 15) is 4.79 Å². The van der Waals surface area contributed by atoms with Crippen LogP contribution in [0.25, 0.3) is 11.4 Å². The molecule has 1 unspecified atom stereocenters. The fourth-order valence-corrected chi connectivity index (χ4v) is 3.23. The molecule has 2 heterocycles. The van der Waals surface area contributed by atoms with Crippen molar-refractivity contribution >= 4 is 23.4 Å². The number of hydrogen-bond acceptors (Lipinski definition) is 5. The van der Waals surface area contributed by atoms with E-state index in [-0.39, 0.29) is 11.2 Å². The van der Waals surface area contributed by atoms with E-state index in [0.29, 0.717) is 11.0 Å². The van der Waals surface area contributed by atoms with Gasteiger partial charge in [0.1, 0.15) is 6.26 Å². The van der Waals surface area contributed by atoms with Gasteiger partial charge in [-0.15, -0.1) is 10.2 Å². The van der Waals surface area contributed by atoms with E-state index >= 15 is 0 Å². The third kappa shape index (κ3) is 3.21. The monoisotopic (exact) mass is 342 g/mol. The second-order valence-electron chi connectivity index (χ2n) is 5.37. The summed E-state index contributed by atoms with van der Waals surface area (Å²) in [5, 5.41) is 8.78. The first-order valence-electron chi connectivity index (χ1n) is 7.49. The van der Waals surface area contributed by atoms with Gasteiger partial charge >= 0.3 is 0 Å². The number of carbonyl (C=O) groups excluding carboxylic acids is 1. The maximum Gasteiger partial charge on any atom is 0.240 e. The zero-order valence-corrected chi connectivity index (χ0v) is 14.5. The first-order chi connectivity index (χ1) is 11.6. The van der Waals surface area contributed by atoms with Crippen LogP contribution in [0.1, 0.15) is 6.92 Å². The van der Waals surface area contributed by atoms with Gasteiger partial charge < -0.3 is 13.9 Å². The fraction of sp³-hybridized carbons (Fsp3) is 0.235. The fourth-order valence-electron chi connectivity index (χ4n) is 2.32. The minimum Gasteiger partial charge on any atom is -0.472 e. The summed E-state index contributed by atoms with van der Waals surface area (Å²) in [5.41, 5.74) is 1.73. The molecule has 3 aromatic rings. The molecule has 6 nitrogen and oxygen atoms in total. The summed E-state index contributed by atoms with van der Waals surface area (Å²) in [6, 6.07) is 11.4. The van der Waals surface area contributed by atoms with Crippen molar-refractivity contribution in [1.82, 2.24) is 14.8 Å². The van der Waals surface area contributed by atoms with Gasteiger partial charge in [-0.3, -0.25) is 4.79 Å². The Morgan fingerprint density at radius 2 is 2.00 bits per heavy atom. The lowest BCUT2D eigenvalue weighted by molar-refractivity contribution is -0.117. The number of furan rings is 1. The van der Waals surface area contributed by atoms with Crippen molar-refractivity contribution in [2.24, 2.45) is 7.05 Å². The second-order valence-corrected chi connectivity index (χ2v) is 6.68. The van der Waals surface area contributed by atoms with Crippen LogP contribution < -0.4 is 4.90 Å². The number of rotatable bonds is 5. The molecule has 0 spiro atoms. The maximum absolute atomic E-state index is 12.6. The van der Waals surface area contributed by atoms with Crippen molar-refractivity contribution in [3.05, 3.63) is 48.9 Å². The lowest BCUT2D eigenvalue weighted by Gasteiger charge is -2.20. The van der Waals surface area contributed by atoms with Gasteiger partial charge in [-0.2, -0.15) is 0 Å². The van der Waals surface area contributed by atoms with Crippen molar-refractivity contribution < 1.29 is 9.21 Å². The Bertz CT molecular complexity index is 815. The largest absolute Gasteiger partial charge is 0.472 e. The SMILES string of the molecule is CC(Sc1nnc(-c2ccoc2)n1C)C(=O)N(C)c1ccccc1. The van der Waals surface area contributed by atoms with E-state index in [1.807, 2.05) is 54.9 Å². The van der Waals surface area contributed by atoms with Crippen molar-refractivity contribution in [3.8, 4) is 11.4 Å². The van der Waals surface area contributed by atoms with Gasteiger partial charge in [0.05, 0.1) is 17.1 Å². The lowest BCUT2D eigenvalue weighted by Crippen LogP contribution is -2.33. The first kappa shape index (κ1) is 16.3. The van der Waals surface area contributed by atoms with Crippen LogP contribution in [0.4, 0.5) is 5.69 Å². The Labute approximate surface area is 144 Å². The molecule has 0 saturated heterocycles. The molecular formula is C17H18N4O2S. The predicted octanol–water partition coefficient (Wildman–Crippen LogP) is 3.22. The molecule has 0 bridgehead atoms. The molecule has 1 atom stereocenters. The van der Waals surface area contributed by atoms with Gasteiger partial charge in [0, 0.05) is 19.8 Å². The van der Waals surface area contributed by atoms with E-state index < -0.39 is 0 Å². The first-order valence-corrected chi connectivity index (χ1v) is 8.37. The van der Waals surface area contributed by atoms with Gasteiger partial charge in [0.15, 0.2) is 11.0 Å². The number of thioether (sulfide) groups is 1. The molecule has 0 radical (unpaired) electrons. The maximum atomic E-state index is 12.6. The summed E-state index contributed by atoms with van der Waals surface area (Å²) in [7, 11) is 3.66. The van der Waals surface area contributed by atoms with Gasteiger partial charge in [0.2, 0.25) is 5.91 Å². The number of carbonyl (C=O) groups is 1. The Kier molecular flexibility index (Phi) is 4.71. The summed E-state index contributed by atoms with van der Waals surface area (Å²) in [4.78, 5) is 14.3. The third-order valence-electron chi connectivity index (χ3n) is 3.72. The van der Waals surface area contributed by atoms with Gasteiger partial charge in [0.25, 0.3) is 0 Å². The molecule has 0 fully saturated rings. The molecule has 124 valence electrons. The molecular weight excluding hydrogens is 324 g/mol.